The number of quaternary nitrogens is 1. The molecule has 4 rings (SSSR count). The first-order valence-electron chi connectivity index (χ1n) is 10.7. The van der Waals surface area contributed by atoms with Crippen molar-refractivity contribution in [1.82, 2.24) is 0 Å². The van der Waals surface area contributed by atoms with Gasteiger partial charge < -0.3 is 32.1 Å². The number of nitrogen functional groups attached to an aromatic ring is 1. The quantitative estimate of drug-likeness (QED) is 0.0965. The molecule has 4 aromatic rings. The lowest BCUT2D eigenvalue weighted by atomic mass is 10.1. The zero-order chi connectivity index (χ0) is 28.1. The third-order valence-corrected chi connectivity index (χ3v) is 5.98. The molecule has 13 heteroatoms. The van der Waals surface area contributed by atoms with Crippen LogP contribution in [-0.2, 0) is 0 Å². The van der Waals surface area contributed by atoms with Gasteiger partial charge in [-0.1, -0.05) is 60.3 Å². The van der Waals surface area contributed by atoms with Gasteiger partial charge in [-0.25, -0.2) is 9.59 Å². The van der Waals surface area contributed by atoms with Gasteiger partial charge in [0.25, 0.3) is 5.69 Å². The number of benzene rings is 4. The molecule has 0 aliphatic carbocycles. The number of rotatable bonds is 6. The Morgan fingerprint density at radius 1 is 0.821 bits per heavy atom. The minimum absolute atomic E-state index is 0. The van der Waals surface area contributed by atoms with E-state index in [0.29, 0.717) is 10.4 Å². The number of aromatic carboxylic acids is 2. The second kappa shape index (κ2) is 16.4. The largest absolute Gasteiger partial charge is 0.630 e. The van der Waals surface area contributed by atoms with Crippen LogP contribution in [0.3, 0.4) is 0 Å². The Balaban J connectivity index is 0.000000324. The number of nitro benzene ring substituents is 1. The number of nitrogens with zero attached hydrogens (tertiary/aromatic N) is 1. The number of nitrogens with two attached hydrogens (primary N) is 2. The van der Waals surface area contributed by atoms with Gasteiger partial charge in [0.1, 0.15) is 11.3 Å². The molecular formula is C26H25N3O8S2. The fourth-order valence-corrected chi connectivity index (χ4v) is 4.11. The predicted octanol–water partition coefficient (Wildman–Crippen LogP) is 4.25. The molecule has 0 fully saturated rings. The molecule has 0 saturated carbocycles. The highest BCUT2D eigenvalue weighted by Gasteiger charge is 2.23. The van der Waals surface area contributed by atoms with E-state index in [1.807, 2.05) is 60.7 Å². The molecular weight excluding hydrogens is 546 g/mol. The molecule has 0 aliphatic heterocycles. The van der Waals surface area contributed by atoms with E-state index in [0.717, 1.165) is 9.79 Å². The topological polar surface area (TPSA) is 215 Å². The fourth-order valence-electron chi connectivity index (χ4n) is 2.95. The second-order valence-electron chi connectivity index (χ2n) is 7.20. The minimum Gasteiger partial charge on any atom is -0.630 e. The van der Waals surface area contributed by atoms with Crippen LogP contribution >= 0.6 is 24.4 Å². The molecule has 0 amide bonds. The molecule has 0 saturated heterocycles. The number of hydrogen-bond donors (Lipinski definition) is 5. The maximum absolute atomic E-state index is 11.2. The van der Waals surface area contributed by atoms with Gasteiger partial charge in [-0.2, -0.15) is 0 Å². The summed E-state index contributed by atoms with van der Waals surface area (Å²) in [7, 11) is 0. The number of anilines is 1. The van der Waals surface area contributed by atoms with E-state index in [9.17, 15) is 24.9 Å². The Bertz CT molecular complexity index is 1390. The summed E-state index contributed by atoms with van der Waals surface area (Å²) in [6.07, 6.45) is 0. The van der Waals surface area contributed by atoms with Crippen LogP contribution in [0.5, 0.6) is 0 Å². The monoisotopic (exact) mass is 571 g/mol. The fraction of sp³-hybridized carbons (Fsp3) is 0. The molecule has 39 heavy (non-hydrogen) atoms. The lowest BCUT2D eigenvalue weighted by Gasteiger charge is -2.06. The third kappa shape index (κ3) is 10.1. The third-order valence-electron chi connectivity index (χ3n) is 4.61. The molecule has 0 spiro atoms. The number of nitro groups is 1. The van der Waals surface area contributed by atoms with Crippen molar-refractivity contribution in [2.75, 3.05) is 5.73 Å². The summed E-state index contributed by atoms with van der Waals surface area (Å²) in [6.45, 7) is 0. The van der Waals surface area contributed by atoms with Crippen LogP contribution in [0.4, 0.5) is 17.1 Å². The zero-order valence-electron chi connectivity index (χ0n) is 20.1. The van der Waals surface area contributed by atoms with Crippen molar-refractivity contribution in [3.8, 4) is 0 Å². The van der Waals surface area contributed by atoms with E-state index in [1.54, 1.807) is 6.07 Å². The second-order valence-corrected chi connectivity index (χ2v) is 8.83. The highest BCUT2D eigenvalue weighted by molar-refractivity contribution is 7.99. The highest BCUT2D eigenvalue weighted by Crippen LogP contribution is 2.34. The molecule has 0 aliphatic rings. The molecule has 0 heterocycles. The molecule has 4 aromatic carbocycles. The van der Waals surface area contributed by atoms with Crippen molar-refractivity contribution in [3.63, 3.8) is 0 Å². The van der Waals surface area contributed by atoms with Gasteiger partial charge in [0.2, 0.25) is 0 Å². The van der Waals surface area contributed by atoms with Crippen LogP contribution < -0.4 is 11.2 Å². The van der Waals surface area contributed by atoms with E-state index in [4.69, 9.17) is 15.9 Å². The number of carbonyl (C=O) groups is 2. The van der Waals surface area contributed by atoms with Crippen LogP contribution in [-0.4, -0.2) is 32.6 Å². The van der Waals surface area contributed by atoms with Crippen LogP contribution in [0.2, 0.25) is 0 Å². The maximum atomic E-state index is 11.2. The average molecular weight is 572 g/mol. The summed E-state index contributed by atoms with van der Waals surface area (Å²) >= 11 is 5.27. The molecule has 0 unspecified atom stereocenters. The summed E-state index contributed by atoms with van der Waals surface area (Å²) in [4.78, 5) is 34.2. The number of thiol groups is 1. The first-order chi connectivity index (χ1) is 18.1. The van der Waals surface area contributed by atoms with Gasteiger partial charge >= 0.3 is 11.9 Å². The molecule has 204 valence electrons. The van der Waals surface area contributed by atoms with Crippen molar-refractivity contribution in [1.29, 1.82) is 0 Å². The van der Waals surface area contributed by atoms with Crippen molar-refractivity contribution >= 4 is 53.4 Å². The Kier molecular flexibility index (Phi) is 13.8. The standard InChI is InChI=1S/C13H9NO4S.C7H8N2O3.C6H6S.H2O/c15-13(16)12-10(14(17)18)7-4-8-11(12)19-9-5-2-1-3-6-9;8-4-2-1-3-5(9-12)6(4)7(10)11;7-6-4-2-1-3-5-6;/h1-8H,(H,15,16);1-3H,8-9H2,(H,10,11);1-5,7H;1H2. The van der Waals surface area contributed by atoms with E-state index in [1.165, 1.54) is 42.1 Å². The molecule has 8 N–H and O–H groups in total. The van der Waals surface area contributed by atoms with E-state index in [2.05, 4.69) is 12.6 Å². The van der Waals surface area contributed by atoms with Crippen molar-refractivity contribution in [2.24, 2.45) is 0 Å². The van der Waals surface area contributed by atoms with Gasteiger partial charge in [-0.15, -0.1) is 12.6 Å². The molecule has 11 nitrogen and oxygen atoms in total. The van der Waals surface area contributed by atoms with Crippen LogP contribution in [0, 0.1) is 15.3 Å². The number of carboxylic acid groups (broad SMARTS) is 2. The van der Waals surface area contributed by atoms with Crippen molar-refractivity contribution in [2.45, 2.75) is 14.7 Å². The van der Waals surface area contributed by atoms with Crippen LogP contribution in [0.25, 0.3) is 0 Å². The average Bonchev–Trinajstić information content (AvgIpc) is 2.89. The van der Waals surface area contributed by atoms with Crippen molar-refractivity contribution < 1.29 is 35.7 Å². The summed E-state index contributed by atoms with van der Waals surface area (Å²) in [5.74, 6) is -2.49. The summed E-state index contributed by atoms with van der Waals surface area (Å²) in [5, 5.41) is 39.0. The summed E-state index contributed by atoms with van der Waals surface area (Å²) in [5.41, 5.74) is 5.23. The highest BCUT2D eigenvalue weighted by atomic mass is 32.2. The predicted molar refractivity (Wildman–Crippen MR) is 151 cm³/mol. The molecule has 0 bridgehead atoms. The number of carboxylic acids is 2. The van der Waals surface area contributed by atoms with E-state index < -0.39 is 22.5 Å². The molecule has 0 radical (unpaired) electrons. The zero-order valence-corrected chi connectivity index (χ0v) is 21.8. The minimum atomic E-state index is -1.30. The SMILES string of the molecule is Nc1cccc([NH2+][O-])c1C(=O)O.O.O=C(O)c1c(Sc2ccccc2)cccc1[N+](=O)[O-].Sc1ccccc1. The molecule has 0 atom stereocenters. The Morgan fingerprint density at radius 2 is 1.36 bits per heavy atom. The molecule has 0 aromatic heterocycles. The van der Waals surface area contributed by atoms with Gasteiger partial charge in [0, 0.05) is 26.8 Å². The van der Waals surface area contributed by atoms with Gasteiger partial charge in [-0.3, -0.25) is 10.1 Å². The van der Waals surface area contributed by atoms with Crippen LogP contribution in [0.15, 0.2) is 112 Å². The van der Waals surface area contributed by atoms with E-state index >= 15 is 0 Å². The van der Waals surface area contributed by atoms with Crippen LogP contribution in [0.1, 0.15) is 20.7 Å². The maximum Gasteiger partial charge on any atom is 0.343 e. The van der Waals surface area contributed by atoms with Gasteiger partial charge in [0.05, 0.1) is 10.6 Å². The number of hydrogen-bond acceptors (Lipinski definition) is 8. The Labute approximate surface area is 232 Å². The van der Waals surface area contributed by atoms with Gasteiger partial charge in [-0.05, 0) is 36.4 Å². The Morgan fingerprint density at radius 3 is 1.79 bits per heavy atom. The first-order valence-corrected chi connectivity index (χ1v) is 12.0. The summed E-state index contributed by atoms with van der Waals surface area (Å²) < 4.78 is 0. The normalized spacial score (nSPS) is 9.49. The Hall–Kier alpha value is -4.40. The van der Waals surface area contributed by atoms with E-state index in [-0.39, 0.29) is 28.0 Å². The first kappa shape index (κ1) is 32.6. The lowest BCUT2D eigenvalue weighted by molar-refractivity contribution is -0.497. The summed E-state index contributed by atoms with van der Waals surface area (Å²) in [6, 6.07) is 27.5. The lowest BCUT2D eigenvalue weighted by Crippen LogP contribution is -2.70. The van der Waals surface area contributed by atoms with Crippen molar-refractivity contribution in [3.05, 3.63) is 124 Å². The van der Waals surface area contributed by atoms with Gasteiger partial charge in [0.15, 0.2) is 5.56 Å². The smallest absolute Gasteiger partial charge is 0.343 e.